The van der Waals surface area contributed by atoms with Gasteiger partial charge in [-0.05, 0) is 6.92 Å². The third-order valence-corrected chi connectivity index (χ3v) is 3.84. The van der Waals surface area contributed by atoms with Crippen molar-refractivity contribution in [2.45, 2.75) is 13.0 Å². The molecule has 0 unspecified atom stereocenters. The van der Waals surface area contributed by atoms with Crippen LogP contribution in [0, 0.1) is 0 Å². The monoisotopic (exact) mass is 339 g/mol. The fourth-order valence-electron chi connectivity index (χ4n) is 2.40. The summed E-state index contributed by atoms with van der Waals surface area (Å²) < 4.78 is 16.7. The maximum atomic E-state index is 12.3. The Balaban J connectivity index is 2.09. The van der Waals surface area contributed by atoms with Gasteiger partial charge in [0, 0.05) is 18.9 Å². The van der Waals surface area contributed by atoms with Crippen molar-refractivity contribution in [2.75, 3.05) is 19.8 Å². The fraction of sp³-hybridized carbons (Fsp3) is 0.333. The molecule has 0 saturated heterocycles. The van der Waals surface area contributed by atoms with Crippen molar-refractivity contribution in [1.29, 1.82) is 0 Å². The Kier molecular flexibility index (Phi) is 4.14. The molecule has 3 rings (SSSR count). The highest BCUT2D eigenvalue weighted by Gasteiger charge is 2.27. The van der Waals surface area contributed by atoms with Crippen molar-refractivity contribution in [1.82, 2.24) is 4.98 Å². The first-order valence-corrected chi connectivity index (χ1v) is 7.39. The third kappa shape index (κ3) is 2.73. The van der Waals surface area contributed by atoms with Gasteiger partial charge in [-0.3, -0.25) is 4.79 Å². The Morgan fingerprint density at radius 3 is 3.04 bits per heavy atom. The number of H-pyrrole nitrogens is 1. The van der Waals surface area contributed by atoms with Gasteiger partial charge in [-0.15, -0.1) is 0 Å². The van der Waals surface area contributed by atoms with Crippen LogP contribution < -0.4 is 14.9 Å². The molecule has 23 heavy (non-hydrogen) atoms. The van der Waals surface area contributed by atoms with Gasteiger partial charge in [0.25, 0.3) is 0 Å². The minimum absolute atomic E-state index is 0.0386. The van der Waals surface area contributed by atoms with Crippen LogP contribution in [-0.2, 0) is 4.74 Å². The largest absolute Gasteiger partial charge is 0.484 e. The predicted molar refractivity (Wildman–Crippen MR) is 82.9 cm³/mol. The fourth-order valence-corrected chi connectivity index (χ4v) is 2.73. The number of ether oxygens (including phenoxy) is 3. The number of carbonyl (C=O) groups is 1. The lowest BCUT2D eigenvalue weighted by molar-refractivity contribution is 0.0130. The molecule has 2 N–H and O–H groups in total. The first-order valence-electron chi connectivity index (χ1n) is 7.01. The summed E-state index contributed by atoms with van der Waals surface area (Å²) in [5.74, 6) is -0.701. The van der Waals surface area contributed by atoms with Crippen molar-refractivity contribution in [2.24, 2.45) is 0 Å². The van der Waals surface area contributed by atoms with E-state index in [4.69, 9.17) is 30.9 Å². The summed E-state index contributed by atoms with van der Waals surface area (Å²) >= 11 is 6.24. The lowest BCUT2D eigenvalue weighted by Crippen LogP contribution is -2.33. The number of benzene rings is 1. The van der Waals surface area contributed by atoms with Crippen LogP contribution >= 0.6 is 11.6 Å². The third-order valence-electron chi connectivity index (χ3n) is 3.48. The molecule has 2 heterocycles. The van der Waals surface area contributed by atoms with E-state index in [2.05, 4.69) is 4.98 Å². The van der Waals surface area contributed by atoms with Gasteiger partial charge < -0.3 is 24.3 Å². The number of aromatic carboxylic acids is 1. The van der Waals surface area contributed by atoms with Crippen LogP contribution in [0.4, 0.5) is 0 Å². The summed E-state index contributed by atoms with van der Waals surface area (Å²) in [6.45, 7) is 3.05. The minimum Gasteiger partial charge on any atom is -0.484 e. The Bertz CT molecular complexity index is 831. The highest BCUT2D eigenvalue weighted by atomic mass is 35.5. The lowest BCUT2D eigenvalue weighted by atomic mass is 10.1. The van der Waals surface area contributed by atoms with E-state index in [0.717, 1.165) is 6.20 Å². The standard InChI is InChI=1S/C15H14ClNO6/c1-2-21-5-7-6-22-14-10(23-7)3-9-11(12(14)16)13(18)8(4-17-9)15(19)20/h3-4,7H,2,5-6H2,1H3,(H,17,18)(H,19,20)/t7-/m1/s1. The van der Waals surface area contributed by atoms with E-state index >= 15 is 0 Å². The zero-order valence-corrected chi connectivity index (χ0v) is 13.0. The summed E-state index contributed by atoms with van der Waals surface area (Å²) in [6, 6.07) is 1.57. The molecule has 0 radical (unpaired) electrons. The number of carboxylic acid groups (broad SMARTS) is 1. The number of nitrogens with one attached hydrogen (secondary N) is 1. The van der Waals surface area contributed by atoms with Crippen LogP contribution in [0.2, 0.25) is 5.02 Å². The highest BCUT2D eigenvalue weighted by molar-refractivity contribution is 6.37. The Hall–Kier alpha value is -2.25. The summed E-state index contributed by atoms with van der Waals surface area (Å²) in [7, 11) is 0. The summed E-state index contributed by atoms with van der Waals surface area (Å²) in [5.41, 5.74) is -0.672. The number of rotatable bonds is 4. The number of aromatic nitrogens is 1. The Morgan fingerprint density at radius 2 is 2.35 bits per heavy atom. The van der Waals surface area contributed by atoms with E-state index in [1.807, 2.05) is 6.92 Å². The Labute approximate surface area is 135 Å². The molecule has 1 aromatic carbocycles. The Morgan fingerprint density at radius 1 is 1.57 bits per heavy atom. The molecule has 0 spiro atoms. The van der Waals surface area contributed by atoms with Crippen molar-refractivity contribution in [3.63, 3.8) is 0 Å². The van der Waals surface area contributed by atoms with Gasteiger partial charge >= 0.3 is 5.97 Å². The number of fused-ring (bicyclic) bond motifs is 2. The van der Waals surface area contributed by atoms with E-state index in [1.54, 1.807) is 6.07 Å². The van der Waals surface area contributed by atoms with Crippen LogP contribution in [0.5, 0.6) is 11.5 Å². The molecule has 0 saturated carbocycles. The van der Waals surface area contributed by atoms with Crippen molar-refractivity contribution in [3.05, 3.63) is 33.1 Å². The molecule has 1 aliphatic heterocycles. The zero-order valence-electron chi connectivity index (χ0n) is 12.2. The molecule has 0 fully saturated rings. The first-order chi connectivity index (χ1) is 11.0. The van der Waals surface area contributed by atoms with Gasteiger partial charge in [-0.1, -0.05) is 11.6 Å². The summed E-state index contributed by atoms with van der Waals surface area (Å²) in [6.07, 6.45) is 0.859. The molecule has 2 aromatic rings. The smallest absolute Gasteiger partial charge is 0.341 e. The molecule has 7 nitrogen and oxygen atoms in total. The minimum atomic E-state index is -1.32. The number of carboxylic acids is 1. The van der Waals surface area contributed by atoms with E-state index in [9.17, 15) is 9.59 Å². The number of hydrogen-bond donors (Lipinski definition) is 2. The van der Waals surface area contributed by atoms with E-state index in [-0.39, 0.29) is 34.4 Å². The second-order valence-electron chi connectivity index (χ2n) is 4.99. The van der Waals surface area contributed by atoms with Gasteiger partial charge in [0.05, 0.1) is 22.5 Å². The van der Waals surface area contributed by atoms with Gasteiger partial charge in [0.2, 0.25) is 5.43 Å². The SMILES string of the molecule is CCOC[C@@H]1COc2c(cc3[nH]cc(C(=O)O)c(=O)c3c2Cl)O1. The molecule has 1 aliphatic rings. The van der Waals surface area contributed by atoms with Crippen LogP contribution in [0.3, 0.4) is 0 Å². The second kappa shape index (κ2) is 6.10. The molecule has 0 aliphatic carbocycles. The average molecular weight is 340 g/mol. The highest BCUT2D eigenvalue weighted by Crippen LogP contribution is 2.42. The lowest BCUT2D eigenvalue weighted by Gasteiger charge is -2.27. The van der Waals surface area contributed by atoms with Gasteiger partial charge in [0.15, 0.2) is 17.6 Å². The van der Waals surface area contributed by atoms with E-state index in [0.29, 0.717) is 24.5 Å². The maximum absolute atomic E-state index is 12.3. The van der Waals surface area contributed by atoms with Crippen LogP contribution in [0.1, 0.15) is 17.3 Å². The van der Waals surface area contributed by atoms with E-state index < -0.39 is 11.4 Å². The van der Waals surface area contributed by atoms with Crippen molar-refractivity contribution >= 4 is 28.5 Å². The molecular weight excluding hydrogens is 326 g/mol. The van der Waals surface area contributed by atoms with Crippen LogP contribution in [-0.4, -0.2) is 42.0 Å². The topological polar surface area (TPSA) is 97.9 Å². The second-order valence-corrected chi connectivity index (χ2v) is 5.37. The predicted octanol–water partition coefficient (Wildman–Crippen LogP) is 2.06. The summed E-state index contributed by atoms with van der Waals surface area (Å²) in [4.78, 5) is 26.1. The summed E-state index contributed by atoms with van der Waals surface area (Å²) in [5, 5.41) is 9.14. The zero-order chi connectivity index (χ0) is 16.6. The van der Waals surface area contributed by atoms with Crippen LogP contribution in [0.15, 0.2) is 17.1 Å². The normalized spacial score (nSPS) is 16.5. The molecule has 1 aromatic heterocycles. The van der Waals surface area contributed by atoms with Crippen molar-refractivity contribution < 1.29 is 24.1 Å². The van der Waals surface area contributed by atoms with Gasteiger partial charge in [-0.25, -0.2) is 4.79 Å². The number of pyridine rings is 1. The van der Waals surface area contributed by atoms with E-state index in [1.165, 1.54) is 0 Å². The molecule has 1 atom stereocenters. The molecular formula is C15H14ClNO6. The average Bonchev–Trinajstić information content (AvgIpc) is 2.52. The number of halogens is 1. The maximum Gasteiger partial charge on any atom is 0.341 e. The molecule has 122 valence electrons. The van der Waals surface area contributed by atoms with Gasteiger partial charge in [-0.2, -0.15) is 0 Å². The molecule has 0 amide bonds. The molecule has 0 bridgehead atoms. The quantitative estimate of drug-likeness (QED) is 0.884. The number of hydrogen-bond acceptors (Lipinski definition) is 5. The number of aromatic amines is 1. The molecule has 8 heteroatoms. The van der Waals surface area contributed by atoms with Gasteiger partial charge in [0.1, 0.15) is 12.2 Å². The first kappa shape index (κ1) is 15.6. The van der Waals surface area contributed by atoms with Crippen molar-refractivity contribution in [3.8, 4) is 11.5 Å². The van der Waals surface area contributed by atoms with Crippen LogP contribution in [0.25, 0.3) is 10.9 Å².